The molecule has 0 saturated heterocycles. The average molecular weight is 433 g/mol. The number of hydrogen-bond donors (Lipinski definition) is 1. The Labute approximate surface area is 174 Å². The second kappa shape index (κ2) is 7.60. The number of hydrogen-bond acceptors (Lipinski definition) is 4. The number of nitrogens with zero attached hydrogens (tertiary/aromatic N) is 3. The van der Waals surface area contributed by atoms with Crippen LogP contribution in [0.3, 0.4) is 0 Å². The SMILES string of the molecule is CC1NC(c2ccc(=O)n(C(F)F)c2)=NC1(c1ccc(Cl)cc1)c1ccnc(F)c1. The molecule has 0 fully saturated rings. The molecule has 3 heterocycles. The van der Waals surface area contributed by atoms with E-state index in [1.54, 1.807) is 30.3 Å². The highest BCUT2D eigenvalue weighted by atomic mass is 35.5. The van der Waals surface area contributed by atoms with Gasteiger partial charge in [-0.1, -0.05) is 23.7 Å². The third kappa shape index (κ3) is 3.37. The molecule has 4 rings (SSSR count). The lowest BCUT2D eigenvalue weighted by Gasteiger charge is -2.31. The van der Waals surface area contributed by atoms with Gasteiger partial charge in [-0.15, -0.1) is 0 Å². The fourth-order valence-electron chi connectivity index (χ4n) is 3.70. The zero-order chi connectivity index (χ0) is 21.5. The standard InChI is InChI=1S/C21H16ClF3N4O/c1-12-21(14-3-5-16(22)6-4-14,15-8-9-26-17(23)10-15)28-19(27-12)13-2-7-18(30)29(11-13)20(24)25/h2-12,20H,1H3,(H,27,28). The number of aliphatic imine (C=N–C) groups is 1. The highest BCUT2D eigenvalue weighted by Gasteiger charge is 2.45. The Balaban J connectivity index is 1.93. The van der Waals surface area contributed by atoms with Gasteiger partial charge in [0, 0.05) is 29.0 Å². The number of halogens is 4. The van der Waals surface area contributed by atoms with Crippen LogP contribution in [0.5, 0.6) is 0 Å². The molecule has 1 aliphatic rings. The Hall–Kier alpha value is -3.13. The molecule has 2 unspecified atom stereocenters. The fourth-order valence-corrected chi connectivity index (χ4v) is 3.82. The molecule has 5 nitrogen and oxygen atoms in total. The van der Waals surface area contributed by atoms with E-state index in [9.17, 15) is 18.0 Å². The summed E-state index contributed by atoms with van der Waals surface area (Å²) in [5.41, 5.74) is -0.299. The maximum atomic E-state index is 14.0. The Bertz CT molecular complexity index is 1180. The molecule has 0 spiro atoms. The normalized spacial score (nSPS) is 20.9. The Morgan fingerprint density at radius 2 is 1.87 bits per heavy atom. The molecule has 2 atom stereocenters. The summed E-state index contributed by atoms with van der Waals surface area (Å²) in [6.07, 6.45) is 2.40. The van der Waals surface area contributed by atoms with Crippen molar-refractivity contribution in [3.8, 4) is 0 Å². The van der Waals surface area contributed by atoms with Gasteiger partial charge in [0.15, 0.2) is 0 Å². The van der Waals surface area contributed by atoms with Crippen LogP contribution in [0.4, 0.5) is 13.2 Å². The van der Waals surface area contributed by atoms with Crippen LogP contribution >= 0.6 is 11.6 Å². The van der Waals surface area contributed by atoms with Crippen LogP contribution in [0.15, 0.2) is 70.7 Å². The molecule has 3 aromatic rings. The number of nitrogens with one attached hydrogen (secondary N) is 1. The third-order valence-electron chi connectivity index (χ3n) is 5.14. The molecule has 2 aromatic heterocycles. The summed E-state index contributed by atoms with van der Waals surface area (Å²) < 4.78 is 40.7. The quantitative estimate of drug-likeness (QED) is 0.631. The van der Waals surface area contributed by atoms with E-state index in [1.807, 2.05) is 6.92 Å². The van der Waals surface area contributed by atoms with Gasteiger partial charge in [0.1, 0.15) is 11.4 Å². The molecular formula is C21H16ClF3N4O. The summed E-state index contributed by atoms with van der Waals surface area (Å²) in [5.74, 6) is -0.355. The molecule has 0 bridgehead atoms. The number of alkyl halides is 2. The summed E-state index contributed by atoms with van der Waals surface area (Å²) in [6.45, 7) is -1.13. The van der Waals surface area contributed by atoms with Crippen molar-refractivity contribution in [3.05, 3.63) is 98.9 Å². The van der Waals surface area contributed by atoms with Gasteiger partial charge in [-0.3, -0.25) is 9.36 Å². The van der Waals surface area contributed by atoms with Crippen LogP contribution in [0, 0.1) is 5.95 Å². The molecule has 1 aromatic carbocycles. The largest absolute Gasteiger partial charge is 0.364 e. The van der Waals surface area contributed by atoms with Gasteiger partial charge in [0.25, 0.3) is 5.56 Å². The molecule has 9 heteroatoms. The molecule has 154 valence electrons. The lowest BCUT2D eigenvalue weighted by Crippen LogP contribution is -2.41. The first-order valence-electron chi connectivity index (χ1n) is 9.06. The van der Waals surface area contributed by atoms with Gasteiger partial charge >= 0.3 is 6.55 Å². The molecule has 1 N–H and O–H groups in total. The first-order valence-corrected chi connectivity index (χ1v) is 9.44. The minimum absolute atomic E-state index is 0.309. The highest BCUT2D eigenvalue weighted by Crippen LogP contribution is 2.41. The molecular weight excluding hydrogens is 417 g/mol. The second-order valence-corrected chi connectivity index (χ2v) is 7.34. The van der Waals surface area contributed by atoms with Crippen molar-refractivity contribution in [1.29, 1.82) is 0 Å². The first-order chi connectivity index (χ1) is 14.3. The van der Waals surface area contributed by atoms with Crippen molar-refractivity contribution in [1.82, 2.24) is 14.9 Å². The van der Waals surface area contributed by atoms with Crippen molar-refractivity contribution in [3.63, 3.8) is 0 Å². The van der Waals surface area contributed by atoms with Crippen molar-refractivity contribution in [2.75, 3.05) is 0 Å². The lowest BCUT2D eigenvalue weighted by molar-refractivity contribution is 0.0663. The summed E-state index contributed by atoms with van der Waals surface area (Å²) in [6, 6.07) is 12.0. The zero-order valence-corrected chi connectivity index (χ0v) is 16.4. The van der Waals surface area contributed by atoms with Crippen LogP contribution in [-0.4, -0.2) is 21.4 Å². The van der Waals surface area contributed by atoms with E-state index < -0.39 is 23.6 Å². The summed E-state index contributed by atoms with van der Waals surface area (Å²) >= 11 is 6.03. The molecule has 0 saturated carbocycles. The van der Waals surface area contributed by atoms with E-state index in [-0.39, 0.29) is 6.04 Å². The van der Waals surface area contributed by atoms with Gasteiger partial charge in [0.05, 0.1) is 6.04 Å². The van der Waals surface area contributed by atoms with Crippen molar-refractivity contribution in [2.24, 2.45) is 4.99 Å². The Kier molecular flexibility index (Phi) is 5.11. The van der Waals surface area contributed by atoms with Crippen molar-refractivity contribution >= 4 is 17.4 Å². The minimum atomic E-state index is -2.98. The fraction of sp³-hybridized carbons (Fsp3) is 0.190. The van der Waals surface area contributed by atoms with E-state index in [4.69, 9.17) is 16.6 Å². The Morgan fingerprint density at radius 1 is 1.13 bits per heavy atom. The summed E-state index contributed by atoms with van der Waals surface area (Å²) in [7, 11) is 0. The third-order valence-corrected chi connectivity index (χ3v) is 5.39. The summed E-state index contributed by atoms with van der Waals surface area (Å²) in [5, 5.41) is 3.72. The molecule has 0 amide bonds. The average Bonchev–Trinajstić information content (AvgIpc) is 3.07. The maximum Gasteiger partial charge on any atom is 0.321 e. The van der Waals surface area contributed by atoms with Crippen LogP contribution in [0.2, 0.25) is 5.02 Å². The van der Waals surface area contributed by atoms with Crippen molar-refractivity contribution in [2.45, 2.75) is 25.1 Å². The summed E-state index contributed by atoms with van der Waals surface area (Å²) in [4.78, 5) is 20.1. The van der Waals surface area contributed by atoms with E-state index >= 15 is 0 Å². The zero-order valence-electron chi connectivity index (χ0n) is 15.7. The van der Waals surface area contributed by atoms with Gasteiger partial charge in [-0.25, -0.2) is 9.98 Å². The molecule has 0 aliphatic carbocycles. The van der Waals surface area contributed by atoms with Gasteiger partial charge in [-0.2, -0.15) is 13.2 Å². The van der Waals surface area contributed by atoms with Gasteiger partial charge in [0.2, 0.25) is 5.95 Å². The second-order valence-electron chi connectivity index (χ2n) is 6.91. The Morgan fingerprint density at radius 3 is 2.53 bits per heavy atom. The van der Waals surface area contributed by atoms with E-state index in [0.717, 1.165) is 17.8 Å². The number of amidine groups is 1. The number of rotatable bonds is 4. The van der Waals surface area contributed by atoms with Crippen LogP contribution in [0.1, 0.15) is 30.2 Å². The van der Waals surface area contributed by atoms with E-state index in [1.165, 1.54) is 18.3 Å². The van der Waals surface area contributed by atoms with Crippen LogP contribution in [0.25, 0.3) is 0 Å². The van der Waals surface area contributed by atoms with Gasteiger partial charge in [-0.05, 0) is 48.4 Å². The van der Waals surface area contributed by atoms with Crippen molar-refractivity contribution < 1.29 is 13.2 Å². The molecule has 1 aliphatic heterocycles. The predicted octanol–water partition coefficient (Wildman–Crippen LogP) is 4.11. The predicted molar refractivity (Wildman–Crippen MR) is 108 cm³/mol. The smallest absolute Gasteiger partial charge is 0.321 e. The van der Waals surface area contributed by atoms with Crippen LogP contribution < -0.4 is 10.9 Å². The molecule has 0 radical (unpaired) electrons. The molecule has 30 heavy (non-hydrogen) atoms. The topological polar surface area (TPSA) is 59.3 Å². The maximum absolute atomic E-state index is 14.0. The van der Waals surface area contributed by atoms with E-state index in [2.05, 4.69) is 10.3 Å². The van der Waals surface area contributed by atoms with Crippen LogP contribution in [-0.2, 0) is 5.54 Å². The highest BCUT2D eigenvalue weighted by molar-refractivity contribution is 6.30. The number of benzene rings is 1. The minimum Gasteiger partial charge on any atom is -0.364 e. The number of pyridine rings is 2. The van der Waals surface area contributed by atoms with Gasteiger partial charge < -0.3 is 5.32 Å². The lowest BCUT2D eigenvalue weighted by atomic mass is 9.79. The number of aromatic nitrogens is 2. The van der Waals surface area contributed by atoms with E-state index in [0.29, 0.717) is 26.6 Å². The monoisotopic (exact) mass is 432 g/mol. The first kappa shape index (κ1) is 20.2.